The average molecular weight is 342 g/mol. The highest BCUT2D eigenvalue weighted by atomic mass is 19.1. The molecular formula is C19H16F2N2O2. The standard InChI is InChI=1S/C19H16F2N2O2/c1-12-6-7-15(21)16(10-12)23-18(24)8-9-19-22-11-17(25-19)13-4-2-3-5-14(13)20/h2-7,10-11H,8-9H2,1H3,(H,23,24). The average Bonchev–Trinajstić information content (AvgIpc) is 3.05. The maximum Gasteiger partial charge on any atom is 0.224 e. The van der Waals surface area contributed by atoms with E-state index in [1.165, 1.54) is 18.3 Å². The number of carbonyl (C=O) groups excluding carboxylic acids is 1. The lowest BCUT2D eigenvalue weighted by Crippen LogP contribution is -2.13. The molecule has 1 heterocycles. The number of benzene rings is 2. The number of carbonyl (C=O) groups is 1. The molecule has 3 rings (SSSR count). The predicted molar refractivity (Wildman–Crippen MR) is 90.0 cm³/mol. The van der Waals surface area contributed by atoms with E-state index in [0.29, 0.717) is 17.2 Å². The van der Waals surface area contributed by atoms with E-state index in [2.05, 4.69) is 10.3 Å². The fraction of sp³-hybridized carbons (Fsp3) is 0.158. The third-order valence-electron chi connectivity index (χ3n) is 3.65. The first-order valence-corrected chi connectivity index (χ1v) is 7.78. The van der Waals surface area contributed by atoms with Crippen molar-refractivity contribution in [2.24, 2.45) is 0 Å². The molecule has 0 saturated carbocycles. The molecule has 25 heavy (non-hydrogen) atoms. The molecule has 0 aliphatic heterocycles. The highest BCUT2D eigenvalue weighted by Gasteiger charge is 2.12. The van der Waals surface area contributed by atoms with Crippen LogP contribution in [0.1, 0.15) is 17.9 Å². The molecule has 1 aromatic heterocycles. The maximum atomic E-state index is 13.7. The number of amides is 1. The molecule has 0 saturated heterocycles. The van der Waals surface area contributed by atoms with E-state index in [-0.39, 0.29) is 24.4 Å². The van der Waals surface area contributed by atoms with Gasteiger partial charge >= 0.3 is 0 Å². The van der Waals surface area contributed by atoms with Gasteiger partial charge in [-0.25, -0.2) is 13.8 Å². The second-order valence-electron chi connectivity index (χ2n) is 5.63. The van der Waals surface area contributed by atoms with Crippen LogP contribution in [-0.4, -0.2) is 10.9 Å². The number of hydrogen-bond donors (Lipinski definition) is 1. The molecule has 0 radical (unpaired) electrons. The van der Waals surface area contributed by atoms with Gasteiger partial charge in [-0.1, -0.05) is 18.2 Å². The lowest BCUT2D eigenvalue weighted by Gasteiger charge is -2.06. The molecule has 3 aromatic rings. The molecule has 128 valence electrons. The van der Waals surface area contributed by atoms with Crippen molar-refractivity contribution in [3.05, 3.63) is 71.8 Å². The molecule has 4 nitrogen and oxygen atoms in total. The summed E-state index contributed by atoms with van der Waals surface area (Å²) in [7, 11) is 0. The molecule has 1 N–H and O–H groups in total. The summed E-state index contributed by atoms with van der Waals surface area (Å²) in [4.78, 5) is 16.0. The third kappa shape index (κ3) is 4.09. The van der Waals surface area contributed by atoms with Crippen LogP contribution in [0, 0.1) is 18.6 Å². The van der Waals surface area contributed by atoms with Crippen LogP contribution < -0.4 is 5.32 Å². The minimum Gasteiger partial charge on any atom is -0.441 e. The summed E-state index contributed by atoms with van der Waals surface area (Å²) in [6, 6.07) is 10.7. The first kappa shape index (κ1) is 16.8. The van der Waals surface area contributed by atoms with Gasteiger partial charge in [-0.15, -0.1) is 0 Å². The Balaban J connectivity index is 1.61. The number of aryl methyl sites for hydroxylation is 2. The SMILES string of the molecule is Cc1ccc(F)c(NC(=O)CCc2ncc(-c3ccccc3F)o2)c1. The second-order valence-corrected chi connectivity index (χ2v) is 5.63. The van der Waals surface area contributed by atoms with Crippen LogP contribution in [0.15, 0.2) is 53.1 Å². The van der Waals surface area contributed by atoms with Gasteiger partial charge in [0.2, 0.25) is 5.91 Å². The molecule has 0 aliphatic carbocycles. The Bertz CT molecular complexity index is 906. The molecule has 1 amide bonds. The van der Waals surface area contributed by atoms with Gasteiger partial charge in [-0.05, 0) is 36.8 Å². The van der Waals surface area contributed by atoms with E-state index in [1.54, 1.807) is 30.3 Å². The van der Waals surface area contributed by atoms with E-state index in [1.807, 2.05) is 6.92 Å². The first-order valence-electron chi connectivity index (χ1n) is 7.78. The van der Waals surface area contributed by atoms with Gasteiger partial charge in [-0.2, -0.15) is 0 Å². The number of hydrogen-bond acceptors (Lipinski definition) is 3. The summed E-state index contributed by atoms with van der Waals surface area (Å²) in [5.74, 6) is -0.624. The van der Waals surface area contributed by atoms with Crippen LogP contribution >= 0.6 is 0 Å². The Labute approximate surface area is 143 Å². The van der Waals surface area contributed by atoms with Crippen LogP contribution in [0.3, 0.4) is 0 Å². The minimum absolute atomic E-state index is 0.0740. The van der Waals surface area contributed by atoms with Crippen molar-refractivity contribution < 1.29 is 18.0 Å². The number of anilines is 1. The number of halogens is 2. The zero-order valence-electron chi connectivity index (χ0n) is 13.6. The molecule has 0 fully saturated rings. The Kier molecular flexibility index (Phi) is 4.88. The van der Waals surface area contributed by atoms with Crippen molar-refractivity contribution >= 4 is 11.6 Å². The van der Waals surface area contributed by atoms with Crippen molar-refractivity contribution in [3.8, 4) is 11.3 Å². The lowest BCUT2D eigenvalue weighted by atomic mass is 10.2. The van der Waals surface area contributed by atoms with Crippen molar-refractivity contribution in [3.63, 3.8) is 0 Å². The largest absolute Gasteiger partial charge is 0.441 e. The monoisotopic (exact) mass is 342 g/mol. The van der Waals surface area contributed by atoms with Gasteiger partial charge in [-0.3, -0.25) is 4.79 Å². The fourth-order valence-electron chi connectivity index (χ4n) is 2.38. The summed E-state index contributed by atoms with van der Waals surface area (Å²) in [6.07, 6.45) is 1.73. The van der Waals surface area contributed by atoms with Crippen LogP contribution in [0.25, 0.3) is 11.3 Å². The Morgan fingerprint density at radius 1 is 1.16 bits per heavy atom. The summed E-state index contributed by atoms with van der Waals surface area (Å²) < 4.78 is 32.9. The molecule has 0 spiro atoms. The Morgan fingerprint density at radius 2 is 1.96 bits per heavy atom. The van der Waals surface area contributed by atoms with Crippen molar-refractivity contribution in [1.82, 2.24) is 4.98 Å². The highest BCUT2D eigenvalue weighted by Crippen LogP contribution is 2.23. The predicted octanol–water partition coefficient (Wildman–Crippen LogP) is 4.50. The van der Waals surface area contributed by atoms with Gasteiger partial charge in [0.05, 0.1) is 17.4 Å². The van der Waals surface area contributed by atoms with Crippen molar-refractivity contribution in [2.75, 3.05) is 5.32 Å². The summed E-state index contributed by atoms with van der Waals surface area (Å²) >= 11 is 0. The van der Waals surface area contributed by atoms with E-state index in [4.69, 9.17) is 4.42 Å². The Morgan fingerprint density at radius 3 is 2.76 bits per heavy atom. The van der Waals surface area contributed by atoms with Crippen LogP contribution in [0.2, 0.25) is 0 Å². The number of aromatic nitrogens is 1. The normalized spacial score (nSPS) is 10.7. The van der Waals surface area contributed by atoms with E-state index in [0.717, 1.165) is 5.56 Å². The van der Waals surface area contributed by atoms with Crippen molar-refractivity contribution in [2.45, 2.75) is 19.8 Å². The quantitative estimate of drug-likeness (QED) is 0.743. The number of nitrogens with one attached hydrogen (secondary N) is 1. The van der Waals surface area contributed by atoms with Gasteiger partial charge in [0.15, 0.2) is 11.7 Å². The van der Waals surface area contributed by atoms with Crippen LogP contribution in [0.5, 0.6) is 0 Å². The van der Waals surface area contributed by atoms with Gasteiger partial charge in [0.1, 0.15) is 11.6 Å². The smallest absolute Gasteiger partial charge is 0.224 e. The van der Waals surface area contributed by atoms with E-state index in [9.17, 15) is 13.6 Å². The van der Waals surface area contributed by atoms with Gasteiger partial charge < -0.3 is 9.73 Å². The van der Waals surface area contributed by atoms with Crippen LogP contribution in [-0.2, 0) is 11.2 Å². The topological polar surface area (TPSA) is 55.1 Å². The number of oxazole rings is 1. The maximum absolute atomic E-state index is 13.7. The summed E-state index contributed by atoms with van der Waals surface area (Å²) in [5, 5.41) is 2.53. The molecule has 2 aromatic carbocycles. The third-order valence-corrected chi connectivity index (χ3v) is 3.65. The lowest BCUT2D eigenvalue weighted by molar-refractivity contribution is -0.116. The van der Waals surface area contributed by atoms with Crippen LogP contribution in [0.4, 0.5) is 14.5 Å². The van der Waals surface area contributed by atoms with Gasteiger partial charge in [0, 0.05) is 12.8 Å². The fourth-order valence-corrected chi connectivity index (χ4v) is 2.38. The number of rotatable bonds is 5. The summed E-state index contributed by atoms with van der Waals surface area (Å²) in [5.41, 5.74) is 1.30. The van der Waals surface area contributed by atoms with Crippen molar-refractivity contribution in [1.29, 1.82) is 0 Å². The van der Waals surface area contributed by atoms with E-state index >= 15 is 0 Å². The molecule has 6 heteroatoms. The molecule has 0 atom stereocenters. The molecule has 0 unspecified atom stereocenters. The Hall–Kier alpha value is -3.02. The zero-order valence-corrected chi connectivity index (χ0v) is 13.6. The molecule has 0 bridgehead atoms. The second kappa shape index (κ2) is 7.25. The molecule has 0 aliphatic rings. The first-order chi connectivity index (χ1) is 12.0. The highest BCUT2D eigenvalue weighted by molar-refractivity contribution is 5.91. The molecular weight excluding hydrogens is 326 g/mol. The summed E-state index contributed by atoms with van der Waals surface area (Å²) in [6.45, 7) is 1.81. The van der Waals surface area contributed by atoms with E-state index < -0.39 is 11.6 Å². The zero-order chi connectivity index (χ0) is 17.8. The minimum atomic E-state index is -0.489. The number of nitrogens with zero attached hydrogens (tertiary/aromatic N) is 1. The van der Waals surface area contributed by atoms with Gasteiger partial charge in [0.25, 0.3) is 0 Å².